The molecule has 2 N–H and O–H groups in total. The van der Waals surface area contributed by atoms with Gasteiger partial charge >= 0.3 is 12.1 Å². The Morgan fingerprint density at radius 1 is 1.43 bits per heavy atom. The third-order valence-corrected chi connectivity index (χ3v) is 1.54. The van der Waals surface area contributed by atoms with Gasteiger partial charge in [-0.05, 0) is 12.3 Å². The van der Waals surface area contributed by atoms with Gasteiger partial charge in [0, 0.05) is 6.54 Å². The fourth-order valence-corrected chi connectivity index (χ4v) is 0.710. The Kier molecular flexibility index (Phi) is 6.53. The van der Waals surface area contributed by atoms with Crippen LogP contribution in [0.4, 0.5) is 4.79 Å². The maximum absolute atomic E-state index is 10.9. The van der Waals surface area contributed by atoms with Crippen LogP contribution in [-0.4, -0.2) is 30.3 Å². The number of rotatable bonds is 6. The van der Waals surface area contributed by atoms with Gasteiger partial charge in [0.1, 0.15) is 0 Å². The average molecular weight is 203 g/mol. The highest BCUT2D eigenvalue weighted by Crippen LogP contribution is 1.98. The van der Waals surface area contributed by atoms with E-state index >= 15 is 0 Å². The molecule has 0 atom stereocenters. The SMILES string of the molecule is CC(C)CCOC(=O)NCCC(=O)O. The van der Waals surface area contributed by atoms with Crippen LogP contribution < -0.4 is 5.32 Å². The maximum atomic E-state index is 10.9. The highest BCUT2D eigenvalue weighted by atomic mass is 16.5. The Hall–Kier alpha value is -1.26. The largest absolute Gasteiger partial charge is 0.481 e. The van der Waals surface area contributed by atoms with E-state index in [2.05, 4.69) is 5.32 Å². The number of ether oxygens (including phenoxy) is 1. The van der Waals surface area contributed by atoms with Crippen LogP contribution >= 0.6 is 0 Å². The number of amides is 1. The molecule has 0 fully saturated rings. The van der Waals surface area contributed by atoms with Crippen molar-refractivity contribution in [2.45, 2.75) is 26.7 Å². The zero-order valence-electron chi connectivity index (χ0n) is 8.58. The van der Waals surface area contributed by atoms with Crippen molar-refractivity contribution in [3.63, 3.8) is 0 Å². The van der Waals surface area contributed by atoms with Gasteiger partial charge in [-0.15, -0.1) is 0 Å². The molecule has 0 aliphatic rings. The number of nitrogens with one attached hydrogen (secondary N) is 1. The highest BCUT2D eigenvalue weighted by molar-refractivity contribution is 5.70. The second-order valence-corrected chi connectivity index (χ2v) is 3.39. The van der Waals surface area contributed by atoms with E-state index in [0.29, 0.717) is 12.5 Å². The summed E-state index contributed by atoms with van der Waals surface area (Å²) in [7, 11) is 0. The van der Waals surface area contributed by atoms with E-state index in [9.17, 15) is 9.59 Å². The fraction of sp³-hybridized carbons (Fsp3) is 0.778. The zero-order chi connectivity index (χ0) is 11.0. The van der Waals surface area contributed by atoms with Crippen LogP contribution in [0.1, 0.15) is 26.7 Å². The molecule has 0 saturated heterocycles. The normalized spacial score (nSPS) is 9.93. The van der Waals surface area contributed by atoms with E-state index in [1.807, 2.05) is 13.8 Å². The van der Waals surface area contributed by atoms with Gasteiger partial charge in [0.2, 0.25) is 0 Å². The van der Waals surface area contributed by atoms with E-state index < -0.39 is 12.1 Å². The number of hydrogen-bond donors (Lipinski definition) is 2. The quantitative estimate of drug-likeness (QED) is 0.680. The lowest BCUT2D eigenvalue weighted by Crippen LogP contribution is -2.27. The lowest BCUT2D eigenvalue weighted by Gasteiger charge is -2.07. The van der Waals surface area contributed by atoms with Crippen LogP contribution in [0.25, 0.3) is 0 Å². The Bertz CT molecular complexity index is 191. The predicted octanol–water partition coefficient (Wildman–Crippen LogP) is 1.23. The molecule has 0 heterocycles. The smallest absolute Gasteiger partial charge is 0.407 e. The number of aliphatic carboxylic acids is 1. The maximum Gasteiger partial charge on any atom is 0.407 e. The summed E-state index contributed by atoms with van der Waals surface area (Å²) in [5.74, 6) is -0.450. The number of carboxylic acid groups (broad SMARTS) is 1. The van der Waals surface area contributed by atoms with Crippen molar-refractivity contribution in [2.75, 3.05) is 13.2 Å². The fourth-order valence-electron chi connectivity index (χ4n) is 0.710. The second kappa shape index (κ2) is 7.17. The molecular weight excluding hydrogens is 186 g/mol. The molecule has 0 aromatic rings. The van der Waals surface area contributed by atoms with Crippen LogP contribution in [-0.2, 0) is 9.53 Å². The molecule has 0 bridgehead atoms. The van der Waals surface area contributed by atoms with E-state index in [4.69, 9.17) is 9.84 Å². The Morgan fingerprint density at radius 2 is 2.07 bits per heavy atom. The summed E-state index contributed by atoms with van der Waals surface area (Å²) in [5.41, 5.74) is 0. The Morgan fingerprint density at radius 3 is 2.57 bits per heavy atom. The molecular formula is C9H17NO4. The molecule has 0 unspecified atom stereocenters. The van der Waals surface area contributed by atoms with Crippen LogP contribution in [0.2, 0.25) is 0 Å². The summed E-state index contributed by atoms with van der Waals surface area (Å²) in [4.78, 5) is 21.0. The van der Waals surface area contributed by atoms with Gasteiger partial charge < -0.3 is 15.2 Å². The van der Waals surface area contributed by atoms with Crippen molar-refractivity contribution in [1.82, 2.24) is 5.32 Å². The van der Waals surface area contributed by atoms with Gasteiger partial charge in [-0.3, -0.25) is 4.79 Å². The summed E-state index contributed by atoms with van der Waals surface area (Å²) in [6.45, 7) is 4.55. The third-order valence-electron chi connectivity index (χ3n) is 1.54. The monoisotopic (exact) mass is 203 g/mol. The number of hydrogen-bond acceptors (Lipinski definition) is 3. The molecule has 0 aliphatic heterocycles. The molecule has 0 aromatic carbocycles. The standard InChI is InChI=1S/C9H17NO4/c1-7(2)4-6-14-9(13)10-5-3-8(11)12/h7H,3-6H2,1-2H3,(H,10,13)(H,11,12). The number of carbonyl (C=O) groups excluding carboxylic acids is 1. The summed E-state index contributed by atoms with van der Waals surface area (Å²) in [6, 6.07) is 0. The Labute approximate surface area is 83.4 Å². The first-order valence-electron chi connectivity index (χ1n) is 4.64. The number of carbonyl (C=O) groups is 2. The van der Waals surface area contributed by atoms with Crippen molar-refractivity contribution < 1.29 is 19.4 Å². The minimum Gasteiger partial charge on any atom is -0.481 e. The summed E-state index contributed by atoms with van der Waals surface area (Å²) < 4.78 is 4.79. The van der Waals surface area contributed by atoms with Gasteiger partial charge in [0.05, 0.1) is 13.0 Å². The van der Waals surface area contributed by atoms with Crippen molar-refractivity contribution in [3.8, 4) is 0 Å². The van der Waals surface area contributed by atoms with Crippen molar-refractivity contribution >= 4 is 12.1 Å². The second-order valence-electron chi connectivity index (χ2n) is 3.39. The first kappa shape index (κ1) is 12.7. The molecule has 0 saturated carbocycles. The summed E-state index contributed by atoms with van der Waals surface area (Å²) in [6.07, 6.45) is 0.179. The molecule has 82 valence electrons. The molecule has 0 spiro atoms. The van der Waals surface area contributed by atoms with Crippen molar-refractivity contribution in [1.29, 1.82) is 0 Å². The molecule has 0 radical (unpaired) electrons. The average Bonchev–Trinajstić information content (AvgIpc) is 2.02. The first-order chi connectivity index (χ1) is 6.52. The first-order valence-corrected chi connectivity index (χ1v) is 4.64. The Balaban J connectivity index is 3.33. The third kappa shape index (κ3) is 8.83. The summed E-state index contributed by atoms with van der Waals surface area (Å²) in [5, 5.41) is 10.6. The molecule has 0 aromatic heterocycles. The van der Waals surface area contributed by atoms with E-state index in [-0.39, 0.29) is 13.0 Å². The van der Waals surface area contributed by atoms with Crippen LogP contribution in [0.3, 0.4) is 0 Å². The van der Waals surface area contributed by atoms with Gasteiger partial charge in [0.25, 0.3) is 0 Å². The number of carboxylic acids is 1. The summed E-state index contributed by atoms with van der Waals surface area (Å²) >= 11 is 0. The lowest BCUT2D eigenvalue weighted by atomic mass is 10.1. The van der Waals surface area contributed by atoms with Crippen molar-refractivity contribution in [3.05, 3.63) is 0 Å². The van der Waals surface area contributed by atoms with Crippen LogP contribution in [0.5, 0.6) is 0 Å². The van der Waals surface area contributed by atoms with Gasteiger partial charge in [0.15, 0.2) is 0 Å². The number of alkyl carbamates (subject to hydrolysis) is 1. The molecule has 0 aliphatic carbocycles. The van der Waals surface area contributed by atoms with E-state index in [1.54, 1.807) is 0 Å². The molecule has 14 heavy (non-hydrogen) atoms. The molecule has 5 nitrogen and oxygen atoms in total. The van der Waals surface area contributed by atoms with Crippen LogP contribution in [0.15, 0.2) is 0 Å². The molecule has 5 heteroatoms. The minimum absolute atomic E-state index is 0.0840. The minimum atomic E-state index is -0.938. The lowest BCUT2D eigenvalue weighted by molar-refractivity contribution is -0.136. The van der Waals surface area contributed by atoms with Gasteiger partial charge in [-0.1, -0.05) is 13.8 Å². The van der Waals surface area contributed by atoms with E-state index in [0.717, 1.165) is 6.42 Å². The van der Waals surface area contributed by atoms with Crippen LogP contribution in [0, 0.1) is 5.92 Å². The van der Waals surface area contributed by atoms with Gasteiger partial charge in [-0.2, -0.15) is 0 Å². The predicted molar refractivity (Wildman–Crippen MR) is 51.1 cm³/mol. The van der Waals surface area contributed by atoms with Crippen molar-refractivity contribution in [2.24, 2.45) is 5.92 Å². The highest BCUT2D eigenvalue weighted by Gasteiger charge is 2.03. The molecule has 1 amide bonds. The van der Waals surface area contributed by atoms with Gasteiger partial charge in [-0.25, -0.2) is 4.79 Å². The van der Waals surface area contributed by atoms with E-state index in [1.165, 1.54) is 0 Å². The topological polar surface area (TPSA) is 75.6 Å². The molecule has 0 rings (SSSR count). The zero-order valence-corrected chi connectivity index (χ0v) is 8.58.